The molecule has 0 saturated heterocycles. The van der Waals surface area contributed by atoms with E-state index in [0.29, 0.717) is 5.03 Å². The van der Waals surface area contributed by atoms with Gasteiger partial charge >= 0.3 is 7.60 Å². The fourth-order valence-corrected chi connectivity index (χ4v) is 3.57. The van der Waals surface area contributed by atoms with Gasteiger partial charge in [-0.1, -0.05) is 41.4 Å². The molecule has 4 nitrogen and oxygen atoms in total. The summed E-state index contributed by atoms with van der Waals surface area (Å²) in [6.07, 6.45) is 1.69. The standard InChI is InChI=1S/C14H21ClNO3P/c1-11-6-8-12(9-7-11)13(15)10-14(16(2)3)20(17,18-4)19-5/h6-10,14H,1-5H3. The lowest BCUT2D eigenvalue weighted by Crippen LogP contribution is -2.27. The lowest BCUT2D eigenvalue weighted by Gasteiger charge is -2.27. The van der Waals surface area contributed by atoms with Crippen molar-refractivity contribution in [2.24, 2.45) is 0 Å². The van der Waals surface area contributed by atoms with Crippen LogP contribution in [-0.2, 0) is 13.6 Å². The van der Waals surface area contributed by atoms with Gasteiger partial charge in [0.15, 0.2) is 0 Å². The highest BCUT2D eigenvalue weighted by atomic mass is 35.5. The highest BCUT2D eigenvalue weighted by Gasteiger charge is 2.34. The SMILES string of the molecule is COP(=O)(OC)C(C=C(Cl)c1ccc(C)cc1)N(C)C. The first-order valence-electron chi connectivity index (χ1n) is 6.16. The van der Waals surface area contributed by atoms with Crippen LogP contribution in [0.25, 0.3) is 5.03 Å². The zero-order valence-electron chi connectivity index (χ0n) is 12.5. The minimum atomic E-state index is -3.27. The highest BCUT2D eigenvalue weighted by Crippen LogP contribution is 2.53. The van der Waals surface area contributed by atoms with Crippen LogP contribution in [0.2, 0.25) is 0 Å². The van der Waals surface area contributed by atoms with Gasteiger partial charge in [-0.3, -0.25) is 9.46 Å². The van der Waals surface area contributed by atoms with Crippen molar-refractivity contribution in [3.63, 3.8) is 0 Å². The number of likely N-dealkylation sites (N-methyl/N-ethyl adjacent to an activating group) is 1. The van der Waals surface area contributed by atoms with Crippen LogP contribution in [0, 0.1) is 6.92 Å². The number of hydrogen-bond donors (Lipinski definition) is 0. The van der Waals surface area contributed by atoms with Gasteiger partial charge in [0.2, 0.25) is 0 Å². The van der Waals surface area contributed by atoms with E-state index in [1.54, 1.807) is 25.1 Å². The smallest absolute Gasteiger partial charge is 0.311 e. The first-order valence-corrected chi connectivity index (χ1v) is 8.15. The Balaban J connectivity index is 3.14. The molecule has 6 heteroatoms. The molecular weight excluding hydrogens is 297 g/mol. The number of benzene rings is 1. The number of hydrogen-bond acceptors (Lipinski definition) is 4. The molecule has 1 aromatic rings. The third-order valence-corrected chi connectivity index (χ3v) is 5.61. The Morgan fingerprint density at radius 1 is 1.25 bits per heavy atom. The van der Waals surface area contributed by atoms with E-state index < -0.39 is 13.4 Å². The maximum Gasteiger partial charge on any atom is 0.351 e. The van der Waals surface area contributed by atoms with Crippen molar-refractivity contribution in [3.05, 3.63) is 41.5 Å². The summed E-state index contributed by atoms with van der Waals surface area (Å²) in [4.78, 5) is 1.75. The molecule has 0 bridgehead atoms. The van der Waals surface area contributed by atoms with Crippen LogP contribution < -0.4 is 0 Å². The second-order valence-electron chi connectivity index (χ2n) is 4.66. The van der Waals surface area contributed by atoms with Gasteiger partial charge < -0.3 is 9.05 Å². The molecule has 1 unspecified atom stereocenters. The van der Waals surface area contributed by atoms with E-state index in [9.17, 15) is 4.57 Å². The fourth-order valence-electron chi connectivity index (χ4n) is 1.75. The number of aryl methyl sites for hydroxylation is 1. The van der Waals surface area contributed by atoms with Gasteiger partial charge in [-0.2, -0.15) is 0 Å². The maximum atomic E-state index is 12.5. The van der Waals surface area contributed by atoms with Crippen molar-refractivity contribution < 1.29 is 13.6 Å². The predicted octanol–water partition coefficient (Wildman–Crippen LogP) is 3.95. The van der Waals surface area contributed by atoms with Crippen molar-refractivity contribution in [3.8, 4) is 0 Å². The quantitative estimate of drug-likeness (QED) is 0.745. The van der Waals surface area contributed by atoms with Crippen molar-refractivity contribution in [2.75, 3.05) is 28.3 Å². The minimum Gasteiger partial charge on any atom is -0.311 e. The average molecular weight is 318 g/mol. The molecule has 1 aromatic carbocycles. The van der Waals surface area contributed by atoms with Crippen LogP contribution in [0.15, 0.2) is 30.3 Å². The largest absolute Gasteiger partial charge is 0.351 e. The third kappa shape index (κ3) is 4.18. The molecule has 20 heavy (non-hydrogen) atoms. The first-order chi connectivity index (χ1) is 9.34. The van der Waals surface area contributed by atoms with E-state index in [1.807, 2.05) is 31.2 Å². The van der Waals surface area contributed by atoms with Gasteiger partial charge in [0.1, 0.15) is 5.78 Å². The Kier molecular flexibility index (Phi) is 6.44. The van der Waals surface area contributed by atoms with Crippen LogP contribution >= 0.6 is 19.2 Å². The molecule has 0 N–H and O–H groups in total. The van der Waals surface area contributed by atoms with Gasteiger partial charge in [0.05, 0.1) is 0 Å². The van der Waals surface area contributed by atoms with Crippen LogP contribution in [0.5, 0.6) is 0 Å². The second kappa shape index (κ2) is 7.39. The Labute approximate surface area is 125 Å². The predicted molar refractivity (Wildman–Crippen MR) is 84.1 cm³/mol. The molecule has 0 amide bonds. The average Bonchev–Trinajstić information content (AvgIpc) is 2.44. The summed E-state index contributed by atoms with van der Waals surface area (Å²) in [5.41, 5.74) is 2.02. The molecule has 1 atom stereocenters. The number of rotatable bonds is 6. The third-order valence-electron chi connectivity index (χ3n) is 2.98. The van der Waals surface area contributed by atoms with Crippen LogP contribution in [0.4, 0.5) is 0 Å². The number of halogens is 1. The Morgan fingerprint density at radius 3 is 2.15 bits per heavy atom. The van der Waals surface area contributed by atoms with Gasteiger partial charge in [-0.15, -0.1) is 0 Å². The van der Waals surface area contributed by atoms with Gasteiger partial charge in [0.25, 0.3) is 0 Å². The van der Waals surface area contributed by atoms with E-state index in [-0.39, 0.29) is 0 Å². The monoisotopic (exact) mass is 317 g/mol. The zero-order valence-corrected chi connectivity index (χ0v) is 14.1. The molecule has 1 rings (SSSR count). The van der Waals surface area contributed by atoms with E-state index in [4.69, 9.17) is 20.6 Å². The summed E-state index contributed by atoms with van der Waals surface area (Å²) in [5, 5.41) is 0.512. The molecule has 0 fully saturated rings. The molecule has 0 aromatic heterocycles. The topological polar surface area (TPSA) is 38.8 Å². The van der Waals surface area contributed by atoms with Crippen LogP contribution in [-0.4, -0.2) is 39.0 Å². The summed E-state index contributed by atoms with van der Waals surface area (Å²) in [7, 11) is 3.07. The summed E-state index contributed by atoms with van der Waals surface area (Å²) in [6.45, 7) is 2.01. The maximum absolute atomic E-state index is 12.5. The molecule has 112 valence electrons. The zero-order chi connectivity index (χ0) is 15.3. The second-order valence-corrected chi connectivity index (χ2v) is 7.41. The summed E-state index contributed by atoms with van der Waals surface area (Å²) >= 11 is 6.32. The first kappa shape index (κ1) is 17.4. The van der Waals surface area contributed by atoms with Crippen molar-refractivity contribution in [1.29, 1.82) is 0 Å². The van der Waals surface area contributed by atoms with Gasteiger partial charge in [-0.25, -0.2) is 0 Å². The summed E-state index contributed by atoms with van der Waals surface area (Å²) in [5.74, 6) is -0.550. The molecule has 0 saturated carbocycles. The Bertz CT molecular complexity index is 506. The van der Waals surface area contributed by atoms with E-state index >= 15 is 0 Å². The Hall–Kier alpha value is -0.640. The van der Waals surface area contributed by atoms with Gasteiger partial charge in [-0.05, 0) is 32.7 Å². The molecule has 0 radical (unpaired) electrons. The molecule has 0 aliphatic rings. The van der Waals surface area contributed by atoms with Gasteiger partial charge in [0, 0.05) is 19.3 Å². The highest BCUT2D eigenvalue weighted by molar-refractivity contribution is 7.54. The van der Waals surface area contributed by atoms with Crippen molar-refractivity contribution in [2.45, 2.75) is 12.7 Å². The summed E-state index contributed by atoms with van der Waals surface area (Å²) in [6, 6.07) is 7.79. The normalized spacial score (nSPS) is 14.7. The molecule has 0 aliphatic heterocycles. The van der Waals surface area contributed by atoms with E-state index in [2.05, 4.69) is 0 Å². The van der Waals surface area contributed by atoms with E-state index in [0.717, 1.165) is 11.1 Å². The van der Waals surface area contributed by atoms with Crippen LogP contribution in [0.1, 0.15) is 11.1 Å². The van der Waals surface area contributed by atoms with E-state index in [1.165, 1.54) is 14.2 Å². The Morgan fingerprint density at radius 2 is 1.75 bits per heavy atom. The molecular formula is C14H21ClNO3P. The minimum absolute atomic E-state index is 0.512. The van der Waals surface area contributed by atoms with Crippen molar-refractivity contribution in [1.82, 2.24) is 4.90 Å². The lowest BCUT2D eigenvalue weighted by molar-refractivity contribution is 0.242. The fraction of sp³-hybridized carbons (Fsp3) is 0.429. The molecule has 0 spiro atoms. The molecule has 0 heterocycles. The molecule has 0 aliphatic carbocycles. The van der Waals surface area contributed by atoms with Crippen LogP contribution in [0.3, 0.4) is 0 Å². The lowest BCUT2D eigenvalue weighted by atomic mass is 10.1. The summed E-state index contributed by atoms with van der Waals surface area (Å²) < 4.78 is 22.6. The van der Waals surface area contributed by atoms with Crippen molar-refractivity contribution >= 4 is 24.2 Å². The number of nitrogens with zero attached hydrogens (tertiary/aromatic N) is 1.